The van der Waals surface area contributed by atoms with Gasteiger partial charge in [0.1, 0.15) is 29.5 Å². The number of rotatable bonds is 19. The van der Waals surface area contributed by atoms with Gasteiger partial charge in [0.05, 0.1) is 38.3 Å². The molecule has 0 aromatic heterocycles. The lowest BCUT2D eigenvalue weighted by molar-refractivity contribution is -0.173. The number of carbonyl (C=O) groups excluding carboxylic acids is 5. The first kappa shape index (κ1) is 40.7. The number of allylic oxidation sites excluding steroid dienone is 1. The second-order valence-electron chi connectivity index (χ2n) is 15.5. The number of nitrogens with one attached hydrogen (secondary N) is 4. The van der Waals surface area contributed by atoms with Gasteiger partial charge >= 0.3 is 5.97 Å². The van der Waals surface area contributed by atoms with Crippen molar-refractivity contribution in [3.8, 4) is 0 Å². The molecule has 0 radical (unpaired) electrons. The number of amides is 2. The highest BCUT2D eigenvalue weighted by Gasteiger charge is 2.72. The van der Waals surface area contributed by atoms with Crippen molar-refractivity contribution in [1.29, 1.82) is 0 Å². The molecule has 0 bridgehead atoms. The number of epoxide rings is 2. The zero-order valence-corrected chi connectivity index (χ0v) is 31.4. The highest BCUT2D eigenvalue weighted by molar-refractivity contribution is 6.39. The summed E-state index contributed by atoms with van der Waals surface area (Å²) in [6.07, 6.45) is 7.52. The molecule has 2 heterocycles. The van der Waals surface area contributed by atoms with Crippen LogP contribution in [0.25, 0.3) is 0 Å². The summed E-state index contributed by atoms with van der Waals surface area (Å²) in [6.45, 7) is 6.03. The molecular weight excluding hydrogens is 682 g/mol. The Kier molecular flexibility index (Phi) is 14.0. The van der Waals surface area contributed by atoms with Crippen LogP contribution in [0.2, 0.25) is 0 Å². The summed E-state index contributed by atoms with van der Waals surface area (Å²) in [5.41, 5.74) is 3.90. The molecule has 1 aromatic carbocycles. The Balaban J connectivity index is 0.966. The highest BCUT2D eigenvalue weighted by Crippen LogP contribution is 2.59. The third-order valence-electron chi connectivity index (χ3n) is 11.3. The first-order valence-corrected chi connectivity index (χ1v) is 18.9. The molecule has 2 aliphatic heterocycles. The van der Waals surface area contributed by atoms with Gasteiger partial charge in [-0.25, -0.2) is 5.43 Å². The highest BCUT2D eigenvalue weighted by atomic mass is 16.6. The summed E-state index contributed by atoms with van der Waals surface area (Å²) in [6, 6.07) is 8.44. The Bertz CT molecular complexity index is 1490. The Morgan fingerprint density at radius 1 is 1.00 bits per heavy atom. The van der Waals surface area contributed by atoms with Crippen molar-refractivity contribution in [3.63, 3.8) is 0 Å². The zero-order chi connectivity index (χ0) is 38.2. The molecule has 14 heteroatoms. The SMILES string of the molecule is COC1C(OC(=O)CC2CCC(NC(=O)CNCC(=O)C(=O)CNC(=O)[C@H](Cc3ccccc3)NN)CC2)CC[C@]2(CO2)C1C1(C)O[C@@H]1CC=C(C)C. The molecule has 2 saturated heterocycles. The summed E-state index contributed by atoms with van der Waals surface area (Å²) < 4.78 is 24.4. The molecule has 53 heavy (non-hydrogen) atoms. The molecule has 1 spiro atoms. The number of benzene rings is 1. The number of hydrazine groups is 1. The maximum atomic E-state index is 13.2. The van der Waals surface area contributed by atoms with Gasteiger partial charge in [-0.1, -0.05) is 42.0 Å². The van der Waals surface area contributed by atoms with E-state index >= 15 is 0 Å². The quantitative estimate of drug-likeness (QED) is 0.0343. The average molecular weight is 740 g/mol. The fraction of sp³-hybridized carbons (Fsp3) is 0.667. The van der Waals surface area contributed by atoms with Gasteiger partial charge < -0.3 is 34.9 Å². The topological polar surface area (TPSA) is 203 Å². The van der Waals surface area contributed by atoms with Crippen molar-refractivity contribution in [2.24, 2.45) is 17.7 Å². The van der Waals surface area contributed by atoms with Crippen molar-refractivity contribution < 1.29 is 42.9 Å². The molecular formula is C39H57N5O9. The summed E-state index contributed by atoms with van der Waals surface area (Å²) >= 11 is 0. The maximum Gasteiger partial charge on any atom is 0.306 e. The van der Waals surface area contributed by atoms with Crippen LogP contribution in [0.5, 0.6) is 0 Å². The minimum atomic E-state index is -0.782. The summed E-state index contributed by atoms with van der Waals surface area (Å²) in [7, 11) is 1.67. The van der Waals surface area contributed by atoms with E-state index in [1.54, 1.807) is 7.11 Å². The van der Waals surface area contributed by atoms with Gasteiger partial charge in [0.25, 0.3) is 0 Å². The molecule has 4 fully saturated rings. The first-order valence-electron chi connectivity index (χ1n) is 18.9. The second kappa shape index (κ2) is 18.2. The summed E-state index contributed by atoms with van der Waals surface area (Å²) in [5, 5.41) is 8.14. The molecule has 2 aliphatic carbocycles. The molecule has 5 rings (SSSR count). The normalized spacial score (nSPS) is 30.8. The Morgan fingerprint density at radius 2 is 1.70 bits per heavy atom. The van der Waals surface area contributed by atoms with Crippen LogP contribution in [-0.2, 0) is 49.3 Å². The van der Waals surface area contributed by atoms with E-state index in [0.29, 0.717) is 25.9 Å². The van der Waals surface area contributed by atoms with Gasteiger partial charge in [-0.05, 0) is 83.6 Å². The first-order chi connectivity index (χ1) is 25.4. The van der Waals surface area contributed by atoms with Gasteiger partial charge in [0, 0.05) is 19.6 Å². The monoisotopic (exact) mass is 739 g/mol. The number of ether oxygens (including phenoxy) is 4. The smallest absolute Gasteiger partial charge is 0.306 e. The number of hydrogen-bond donors (Lipinski definition) is 5. The minimum absolute atomic E-state index is 0.0281. The number of hydrogen-bond acceptors (Lipinski definition) is 12. The predicted octanol–water partition coefficient (Wildman–Crippen LogP) is 1.59. The summed E-state index contributed by atoms with van der Waals surface area (Å²) in [5.74, 6) is 3.10. The number of Topliss-reactive ketones (excluding diaryl/α,β-unsaturated/α-hetero) is 2. The van der Waals surface area contributed by atoms with Crippen molar-refractivity contribution >= 4 is 29.4 Å². The van der Waals surface area contributed by atoms with Gasteiger partial charge in [0.15, 0.2) is 0 Å². The van der Waals surface area contributed by atoms with E-state index < -0.39 is 35.7 Å². The van der Waals surface area contributed by atoms with E-state index in [1.165, 1.54) is 5.57 Å². The van der Waals surface area contributed by atoms with Crippen LogP contribution >= 0.6 is 0 Å². The van der Waals surface area contributed by atoms with Crippen LogP contribution in [0, 0.1) is 11.8 Å². The van der Waals surface area contributed by atoms with Crippen LogP contribution in [-0.4, -0.2) is 104 Å². The molecule has 6 N–H and O–H groups in total. The van der Waals surface area contributed by atoms with E-state index in [2.05, 4.69) is 48.2 Å². The molecule has 4 unspecified atom stereocenters. The van der Waals surface area contributed by atoms with Crippen molar-refractivity contribution in [2.75, 3.05) is 33.4 Å². The summed E-state index contributed by atoms with van der Waals surface area (Å²) in [4.78, 5) is 62.8. The van der Waals surface area contributed by atoms with Crippen LogP contribution in [0.1, 0.15) is 77.7 Å². The molecule has 1 aromatic rings. The Morgan fingerprint density at radius 3 is 2.34 bits per heavy atom. The van der Waals surface area contributed by atoms with E-state index in [-0.39, 0.29) is 66.8 Å². The van der Waals surface area contributed by atoms with Gasteiger partial charge in [-0.3, -0.25) is 29.8 Å². The number of ketones is 2. The van der Waals surface area contributed by atoms with Crippen molar-refractivity contribution in [1.82, 2.24) is 21.4 Å². The lowest BCUT2D eigenvalue weighted by Gasteiger charge is -2.42. The van der Waals surface area contributed by atoms with Crippen molar-refractivity contribution in [2.45, 2.75) is 120 Å². The number of methoxy groups -OCH3 is 1. The third kappa shape index (κ3) is 10.8. The minimum Gasteiger partial charge on any atom is -0.460 e. The standard InChI is InChI=1S/C39H57N5O9/c1-24(2)10-15-32-38(3,53-32)36-35(50-4)31(16-17-39(36)23-51-39)52-34(48)19-26-11-13-27(14-12-26)43-33(47)22-41-20-29(45)30(46)21-42-37(49)28(44-40)18-25-8-6-5-7-9-25/h5-10,26-28,31-32,35-36,41,44H,11-23,40H2,1-4H3,(H,42,49)(H,43,47)/t26?,27?,28-,31?,32+,35?,36?,38?,39-/m0/s1. The van der Waals surface area contributed by atoms with Crippen LogP contribution < -0.4 is 27.2 Å². The molecule has 14 nitrogen and oxygen atoms in total. The van der Waals surface area contributed by atoms with Crippen molar-refractivity contribution in [3.05, 3.63) is 47.5 Å². The van der Waals surface area contributed by atoms with E-state index in [0.717, 1.165) is 44.1 Å². The Labute approximate surface area is 312 Å². The third-order valence-corrected chi connectivity index (χ3v) is 11.3. The largest absolute Gasteiger partial charge is 0.460 e. The number of nitrogens with two attached hydrogens (primary N) is 1. The van der Waals surface area contributed by atoms with Crippen LogP contribution in [0.15, 0.2) is 42.0 Å². The molecule has 4 aliphatic rings. The fourth-order valence-corrected chi connectivity index (χ4v) is 8.17. The van der Waals surface area contributed by atoms with Crippen LogP contribution in [0.4, 0.5) is 0 Å². The zero-order valence-electron chi connectivity index (χ0n) is 31.4. The molecule has 292 valence electrons. The van der Waals surface area contributed by atoms with E-state index in [9.17, 15) is 24.0 Å². The molecule has 2 saturated carbocycles. The molecule has 2 amide bonds. The van der Waals surface area contributed by atoms with E-state index in [1.807, 2.05) is 30.3 Å². The average Bonchev–Trinajstić information content (AvgIpc) is 4.06. The maximum absolute atomic E-state index is 13.2. The van der Waals surface area contributed by atoms with Gasteiger partial charge in [0.2, 0.25) is 23.4 Å². The number of carbonyl (C=O) groups is 5. The van der Waals surface area contributed by atoms with E-state index in [4.69, 9.17) is 24.8 Å². The predicted molar refractivity (Wildman–Crippen MR) is 195 cm³/mol. The lowest BCUT2D eigenvalue weighted by Crippen LogP contribution is -2.55. The molecule has 7 atom stereocenters. The number of esters is 1. The Hall–Kier alpha value is -3.53. The van der Waals surface area contributed by atoms with Gasteiger partial charge in [-0.2, -0.15) is 0 Å². The lowest BCUT2D eigenvalue weighted by atomic mass is 9.68. The van der Waals surface area contributed by atoms with Gasteiger partial charge in [-0.15, -0.1) is 0 Å². The fourth-order valence-electron chi connectivity index (χ4n) is 8.17. The second-order valence-corrected chi connectivity index (χ2v) is 15.5. The van der Waals surface area contributed by atoms with Crippen LogP contribution in [0.3, 0.4) is 0 Å².